The molecule has 1 aromatic carbocycles. The number of rotatable bonds is 6. The Kier molecular flexibility index (Phi) is 7.37. The van der Waals surface area contributed by atoms with Crippen LogP contribution >= 0.6 is 11.6 Å². The van der Waals surface area contributed by atoms with Crippen LogP contribution in [-0.4, -0.2) is 112 Å². The standard InChI is InChI=1S/C23H32ClN7O5S2/c1-37(33,34)26-22-5-6-31(25-22)23(32)28-9-7-27(8-10-28)12-17-3-4-20(24)21(11-17)29-13-18-15-30(38(2,35)36)16-19(18)14-29/h3-6,11,18-19H,7-10,12-16H2,1-2H3,(H,25,26). The van der Waals surface area contributed by atoms with Crippen LogP contribution in [0.4, 0.5) is 16.3 Å². The smallest absolute Gasteiger partial charge is 0.344 e. The Balaban J connectivity index is 1.16. The van der Waals surface area contributed by atoms with Crippen molar-refractivity contribution in [1.29, 1.82) is 0 Å². The van der Waals surface area contributed by atoms with Gasteiger partial charge in [0, 0.05) is 71.2 Å². The fourth-order valence-corrected chi connectivity index (χ4v) is 7.14. The van der Waals surface area contributed by atoms with Crippen LogP contribution in [-0.2, 0) is 26.6 Å². The maximum atomic E-state index is 12.8. The zero-order valence-electron chi connectivity index (χ0n) is 21.3. The van der Waals surface area contributed by atoms with E-state index in [0.29, 0.717) is 56.1 Å². The molecule has 2 unspecified atom stereocenters. The number of piperazine rings is 1. The minimum atomic E-state index is -3.47. The Hall–Kier alpha value is -2.39. The van der Waals surface area contributed by atoms with Crippen molar-refractivity contribution >= 4 is 49.2 Å². The van der Waals surface area contributed by atoms with Gasteiger partial charge in [0.05, 0.1) is 23.2 Å². The molecule has 0 aliphatic carbocycles. The van der Waals surface area contributed by atoms with Crippen molar-refractivity contribution in [3.63, 3.8) is 0 Å². The molecule has 1 N–H and O–H groups in total. The number of halogens is 1. The van der Waals surface area contributed by atoms with Crippen molar-refractivity contribution < 1.29 is 21.6 Å². The van der Waals surface area contributed by atoms with Gasteiger partial charge in [0.2, 0.25) is 20.0 Å². The molecule has 1 amide bonds. The number of amides is 1. The van der Waals surface area contributed by atoms with Gasteiger partial charge >= 0.3 is 6.03 Å². The number of hydrogen-bond donors (Lipinski definition) is 1. The van der Waals surface area contributed by atoms with Crippen molar-refractivity contribution in [2.24, 2.45) is 11.8 Å². The third-order valence-electron chi connectivity index (χ3n) is 7.40. The van der Waals surface area contributed by atoms with Crippen LogP contribution in [0.2, 0.25) is 5.02 Å². The number of nitrogens with one attached hydrogen (secondary N) is 1. The Morgan fingerprint density at radius 3 is 2.26 bits per heavy atom. The summed E-state index contributed by atoms with van der Waals surface area (Å²) in [6, 6.07) is 7.21. The number of fused-ring (bicyclic) bond motifs is 1. The number of carbonyl (C=O) groups excluding carboxylic acids is 1. The fraction of sp³-hybridized carbons (Fsp3) is 0.565. The minimum absolute atomic E-state index is 0.104. The van der Waals surface area contributed by atoms with Gasteiger partial charge in [-0.05, 0) is 29.5 Å². The van der Waals surface area contributed by atoms with Gasteiger partial charge in [-0.3, -0.25) is 9.62 Å². The molecule has 5 rings (SSSR count). The lowest BCUT2D eigenvalue weighted by Gasteiger charge is -2.34. The largest absolute Gasteiger partial charge is 0.370 e. The molecule has 0 radical (unpaired) electrons. The summed E-state index contributed by atoms with van der Waals surface area (Å²) in [4.78, 5) is 19.1. The van der Waals surface area contributed by atoms with Gasteiger partial charge < -0.3 is 9.80 Å². The average Bonchev–Trinajstić information content (AvgIpc) is 3.54. The molecular weight excluding hydrogens is 554 g/mol. The van der Waals surface area contributed by atoms with E-state index in [0.717, 1.165) is 41.8 Å². The number of carbonyl (C=O) groups is 1. The van der Waals surface area contributed by atoms with E-state index in [4.69, 9.17) is 11.6 Å². The van der Waals surface area contributed by atoms with E-state index in [2.05, 4.69) is 25.7 Å². The molecule has 0 spiro atoms. The van der Waals surface area contributed by atoms with Crippen LogP contribution in [0.15, 0.2) is 30.5 Å². The molecule has 3 aliphatic heterocycles. The van der Waals surface area contributed by atoms with E-state index in [9.17, 15) is 21.6 Å². The van der Waals surface area contributed by atoms with Gasteiger partial charge in [0.1, 0.15) is 0 Å². The topological polar surface area (TPSA) is 128 Å². The van der Waals surface area contributed by atoms with Crippen LogP contribution in [0.1, 0.15) is 5.56 Å². The number of nitrogens with zero attached hydrogens (tertiary/aromatic N) is 6. The van der Waals surface area contributed by atoms with E-state index in [1.807, 2.05) is 12.1 Å². The van der Waals surface area contributed by atoms with Crippen LogP contribution in [0, 0.1) is 11.8 Å². The van der Waals surface area contributed by atoms with Gasteiger partial charge in [-0.1, -0.05) is 17.7 Å². The fourth-order valence-electron chi connectivity index (χ4n) is 5.49. The summed E-state index contributed by atoms with van der Waals surface area (Å²) in [5.41, 5.74) is 2.11. The lowest BCUT2D eigenvalue weighted by molar-refractivity contribution is 0.134. The van der Waals surface area contributed by atoms with Crippen LogP contribution in [0.3, 0.4) is 0 Å². The highest BCUT2D eigenvalue weighted by atomic mass is 35.5. The Labute approximate surface area is 228 Å². The average molecular weight is 586 g/mol. The normalized spacial score (nSPS) is 23.1. The van der Waals surface area contributed by atoms with Crippen molar-refractivity contribution in [3.8, 4) is 0 Å². The maximum absolute atomic E-state index is 12.8. The first kappa shape index (κ1) is 27.2. The molecular formula is C23H32ClN7O5S2. The molecule has 0 bridgehead atoms. The highest BCUT2D eigenvalue weighted by molar-refractivity contribution is 7.92. The van der Waals surface area contributed by atoms with E-state index in [1.54, 1.807) is 9.21 Å². The van der Waals surface area contributed by atoms with E-state index >= 15 is 0 Å². The molecule has 12 nitrogen and oxygen atoms in total. The second-order valence-corrected chi connectivity index (χ2v) is 14.5. The molecule has 1 aromatic heterocycles. The van der Waals surface area contributed by atoms with E-state index in [-0.39, 0.29) is 11.8 Å². The maximum Gasteiger partial charge on any atom is 0.344 e. The molecule has 4 heterocycles. The quantitative estimate of drug-likeness (QED) is 0.532. The summed E-state index contributed by atoms with van der Waals surface area (Å²) in [7, 11) is -6.63. The summed E-state index contributed by atoms with van der Waals surface area (Å²) in [5.74, 6) is 0.721. The van der Waals surface area contributed by atoms with Crippen LogP contribution in [0.25, 0.3) is 0 Å². The van der Waals surface area contributed by atoms with Gasteiger partial charge in [-0.25, -0.2) is 25.9 Å². The second kappa shape index (κ2) is 10.3. The predicted molar refractivity (Wildman–Crippen MR) is 145 cm³/mol. The zero-order valence-corrected chi connectivity index (χ0v) is 23.7. The molecule has 3 saturated heterocycles. The molecule has 3 fully saturated rings. The third kappa shape index (κ3) is 6.09. The molecule has 208 valence electrons. The minimum Gasteiger partial charge on any atom is -0.370 e. The lowest BCUT2D eigenvalue weighted by Crippen LogP contribution is -2.49. The number of hydrogen-bond acceptors (Lipinski definition) is 8. The summed E-state index contributed by atoms with van der Waals surface area (Å²) in [6.45, 7) is 5.86. The Morgan fingerprint density at radius 2 is 1.66 bits per heavy atom. The van der Waals surface area contributed by atoms with Crippen molar-refractivity contribution in [3.05, 3.63) is 41.0 Å². The van der Waals surface area contributed by atoms with Gasteiger partial charge in [-0.15, -0.1) is 5.10 Å². The number of sulfonamides is 2. The van der Waals surface area contributed by atoms with Crippen molar-refractivity contribution in [2.45, 2.75) is 6.54 Å². The SMILES string of the molecule is CS(=O)(=O)Nc1ccn(C(=O)N2CCN(Cc3ccc(Cl)c(N4CC5CN(S(C)(=O)=O)CC5C4)c3)CC2)n1. The first-order valence-corrected chi connectivity index (χ1v) is 16.5. The van der Waals surface area contributed by atoms with Gasteiger partial charge in [-0.2, -0.15) is 4.68 Å². The second-order valence-electron chi connectivity index (χ2n) is 10.4. The molecule has 2 aromatic rings. The molecule has 15 heteroatoms. The summed E-state index contributed by atoms with van der Waals surface area (Å²) < 4.78 is 51.6. The van der Waals surface area contributed by atoms with Crippen LogP contribution < -0.4 is 9.62 Å². The molecule has 0 saturated carbocycles. The van der Waals surface area contributed by atoms with Crippen molar-refractivity contribution in [2.75, 3.05) is 74.5 Å². The number of benzene rings is 1. The zero-order chi connectivity index (χ0) is 27.2. The first-order valence-electron chi connectivity index (χ1n) is 12.4. The summed E-state index contributed by atoms with van der Waals surface area (Å²) in [6.07, 6.45) is 3.75. The van der Waals surface area contributed by atoms with E-state index in [1.165, 1.54) is 18.5 Å². The summed E-state index contributed by atoms with van der Waals surface area (Å²) in [5, 5.41) is 4.71. The monoisotopic (exact) mass is 585 g/mol. The van der Waals surface area contributed by atoms with Gasteiger partial charge in [0.15, 0.2) is 5.82 Å². The Morgan fingerprint density at radius 1 is 1.00 bits per heavy atom. The number of anilines is 2. The van der Waals surface area contributed by atoms with Crippen molar-refractivity contribution in [1.82, 2.24) is 23.9 Å². The molecule has 2 atom stereocenters. The number of aromatic nitrogens is 2. The first-order chi connectivity index (χ1) is 17.9. The Bertz CT molecular complexity index is 1410. The van der Waals surface area contributed by atoms with Gasteiger partial charge in [0.25, 0.3) is 0 Å². The highest BCUT2D eigenvalue weighted by Gasteiger charge is 2.43. The third-order valence-corrected chi connectivity index (χ3v) is 9.53. The van der Waals surface area contributed by atoms with E-state index < -0.39 is 20.0 Å². The van der Waals surface area contributed by atoms with Crippen LogP contribution in [0.5, 0.6) is 0 Å². The highest BCUT2D eigenvalue weighted by Crippen LogP contribution is 2.38. The predicted octanol–water partition coefficient (Wildman–Crippen LogP) is 1.02. The molecule has 3 aliphatic rings. The molecule has 38 heavy (non-hydrogen) atoms. The summed E-state index contributed by atoms with van der Waals surface area (Å²) >= 11 is 6.57. The lowest BCUT2D eigenvalue weighted by atomic mass is 10.0.